The number of hydrogen-bond donors (Lipinski definition) is 1. The van der Waals surface area contributed by atoms with Gasteiger partial charge in [0.05, 0.1) is 13.7 Å². The van der Waals surface area contributed by atoms with Gasteiger partial charge >= 0.3 is 6.61 Å². The molecule has 0 heterocycles. The zero-order valence-electron chi connectivity index (χ0n) is 16.0. The van der Waals surface area contributed by atoms with E-state index in [1.807, 2.05) is 31.2 Å². The number of methoxy groups -OCH3 is 1. The molecule has 0 atom stereocenters. The molecule has 2 rings (SSSR count). The second kappa shape index (κ2) is 11.1. The van der Waals surface area contributed by atoms with E-state index >= 15 is 0 Å². The minimum atomic E-state index is -2.93. The van der Waals surface area contributed by atoms with Crippen molar-refractivity contribution in [3.8, 4) is 17.2 Å². The van der Waals surface area contributed by atoms with Gasteiger partial charge in [-0.3, -0.25) is 4.79 Å². The summed E-state index contributed by atoms with van der Waals surface area (Å²) in [5, 5.41) is 2.82. The number of amides is 1. The van der Waals surface area contributed by atoms with E-state index in [1.54, 1.807) is 12.1 Å². The number of aryl methyl sites for hydroxylation is 1. The molecule has 0 aliphatic rings. The minimum Gasteiger partial charge on any atom is -0.493 e. The lowest BCUT2D eigenvalue weighted by Crippen LogP contribution is -2.25. The fraction of sp³-hybridized carbons (Fsp3) is 0.381. The van der Waals surface area contributed by atoms with Crippen LogP contribution >= 0.6 is 0 Å². The molecule has 0 aliphatic heterocycles. The van der Waals surface area contributed by atoms with Crippen LogP contribution in [0.1, 0.15) is 24.0 Å². The highest BCUT2D eigenvalue weighted by molar-refractivity contribution is 5.75. The summed E-state index contributed by atoms with van der Waals surface area (Å²) < 4.78 is 40.0. The number of nitrogens with one attached hydrogen (secondary N) is 1. The fourth-order valence-corrected chi connectivity index (χ4v) is 2.63. The lowest BCUT2D eigenvalue weighted by Gasteiger charge is -2.12. The van der Waals surface area contributed by atoms with Crippen LogP contribution in [-0.4, -0.2) is 32.8 Å². The van der Waals surface area contributed by atoms with Crippen LogP contribution in [-0.2, 0) is 11.2 Å². The first-order valence-corrected chi connectivity index (χ1v) is 9.06. The molecule has 0 aliphatic carbocycles. The second-order valence-corrected chi connectivity index (χ2v) is 6.18. The summed E-state index contributed by atoms with van der Waals surface area (Å²) in [6.45, 7) is -0.0899. The van der Waals surface area contributed by atoms with E-state index in [4.69, 9.17) is 9.47 Å². The van der Waals surface area contributed by atoms with Crippen molar-refractivity contribution in [3.63, 3.8) is 0 Å². The number of rotatable bonds is 11. The number of ether oxygens (including phenoxy) is 3. The minimum absolute atomic E-state index is 0.0188. The van der Waals surface area contributed by atoms with Gasteiger partial charge in [-0.05, 0) is 49.1 Å². The van der Waals surface area contributed by atoms with Crippen molar-refractivity contribution >= 4 is 5.91 Å². The number of hydrogen-bond acceptors (Lipinski definition) is 4. The van der Waals surface area contributed by atoms with Crippen molar-refractivity contribution in [2.24, 2.45) is 0 Å². The Labute approximate surface area is 163 Å². The van der Waals surface area contributed by atoms with E-state index < -0.39 is 6.61 Å². The van der Waals surface area contributed by atoms with Gasteiger partial charge in [0, 0.05) is 13.0 Å². The number of alkyl halides is 2. The smallest absolute Gasteiger partial charge is 0.387 e. The Morgan fingerprint density at radius 3 is 2.61 bits per heavy atom. The van der Waals surface area contributed by atoms with Gasteiger partial charge in [0.25, 0.3) is 0 Å². The van der Waals surface area contributed by atoms with Crippen molar-refractivity contribution in [1.82, 2.24) is 5.32 Å². The number of para-hydroxylation sites is 1. The maximum absolute atomic E-state index is 12.5. The monoisotopic (exact) mass is 393 g/mol. The second-order valence-electron chi connectivity index (χ2n) is 6.18. The van der Waals surface area contributed by atoms with Gasteiger partial charge in [-0.1, -0.05) is 24.3 Å². The van der Waals surface area contributed by atoms with Crippen LogP contribution in [0.15, 0.2) is 42.5 Å². The van der Waals surface area contributed by atoms with E-state index in [-0.39, 0.29) is 17.4 Å². The van der Waals surface area contributed by atoms with Crippen molar-refractivity contribution in [3.05, 3.63) is 53.6 Å². The van der Waals surface area contributed by atoms with Crippen LogP contribution in [0, 0.1) is 6.92 Å². The molecular formula is C21H25F2NO4. The fourth-order valence-electron chi connectivity index (χ4n) is 2.63. The predicted octanol–water partition coefficient (Wildman–Crippen LogP) is 4.12. The molecule has 2 aromatic carbocycles. The van der Waals surface area contributed by atoms with E-state index in [1.165, 1.54) is 13.2 Å². The third-order valence-corrected chi connectivity index (χ3v) is 4.08. The molecule has 152 valence electrons. The average molecular weight is 393 g/mol. The van der Waals surface area contributed by atoms with Gasteiger partial charge < -0.3 is 19.5 Å². The zero-order valence-corrected chi connectivity index (χ0v) is 16.0. The SMILES string of the molecule is COc1ccc(CCNC(=O)CCCOc2ccccc2C)cc1OC(F)F. The molecule has 0 saturated carbocycles. The van der Waals surface area contributed by atoms with E-state index in [9.17, 15) is 13.6 Å². The number of benzene rings is 2. The maximum Gasteiger partial charge on any atom is 0.387 e. The summed E-state index contributed by atoms with van der Waals surface area (Å²) >= 11 is 0. The van der Waals surface area contributed by atoms with Crippen LogP contribution in [0.25, 0.3) is 0 Å². The molecule has 0 saturated heterocycles. The van der Waals surface area contributed by atoms with Gasteiger partial charge in [0.15, 0.2) is 11.5 Å². The molecule has 0 bridgehead atoms. The zero-order chi connectivity index (χ0) is 20.4. The Bertz CT molecular complexity index is 768. The highest BCUT2D eigenvalue weighted by Crippen LogP contribution is 2.29. The number of halogens is 2. The van der Waals surface area contributed by atoms with E-state index in [0.717, 1.165) is 16.9 Å². The highest BCUT2D eigenvalue weighted by atomic mass is 19.3. The molecule has 0 radical (unpaired) electrons. The Hall–Kier alpha value is -2.83. The Morgan fingerprint density at radius 1 is 1.11 bits per heavy atom. The van der Waals surface area contributed by atoms with Gasteiger partial charge in [-0.2, -0.15) is 8.78 Å². The first-order chi connectivity index (χ1) is 13.5. The van der Waals surface area contributed by atoms with Crippen LogP contribution in [0.5, 0.6) is 17.2 Å². The highest BCUT2D eigenvalue weighted by Gasteiger charge is 2.11. The molecule has 0 aromatic heterocycles. The summed E-state index contributed by atoms with van der Waals surface area (Å²) in [7, 11) is 1.39. The van der Waals surface area contributed by atoms with Gasteiger partial charge in [0.2, 0.25) is 5.91 Å². The molecule has 28 heavy (non-hydrogen) atoms. The van der Waals surface area contributed by atoms with Crippen molar-refractivity contribution < 1.29 is 27.8 Å². The van der Waals surface area contributed by atoms with E-state index in [0.29, 0.717) is 32.4 Å². The Kier molecular flexibility index (Phi) is 8.52. The average Bonchev–Trinajstić information content (AvgIpc) is 2.66. The van der Waals surface area contributed by atoms with Crippen molar-refractivity contribution in [2.45, 2.75) is 32.8 Å². The Morgan fingerprint density at radius 2 is 1.89 bits per heavy atom. The topological polar surface area (TPSA) is 56.8 Å². The van der Waals surface area contributed by atoms with Crippen molar-refractivity contribution in [2.75, 3.05) is 20.3 Å². The molecular weight excluding hydrogens is 368 g/mol. The van der Waals surface area contributed by atoms with E-state index in [2.05, 4.69) is 10.1 Å². The molecule has 7 heteroatoms. The third kappa shape index (κ3) is 7.06. The largest absolute Gasteiger partial charge is 0.493 e. The summed E-state index contributed by atoms with van der Waals surface area (Å²) in [6.07, 6.45) is 1.46. The first-order valence-electron chi connectivity index (χ1n) is 9.06. The molecule has 1 amide bonds. The molecule has 0 unspecified atom stereocenters. The maximum atomic E-state index is 12.5. The first kappa shape index (κ1) is 21.5. The summed E-state index contributed by atoms with van der Waals surface area (Å²) in [4.78, 5) is 11.9. The van der Waals surface area contributed by atoms with Crippen LogP contribution in [0.2, 0.25) is 0 Å². The van der Waals surface area contributed by atoms with Crippen molar-refractivity contribution in [1.29, 1.82) is 0 Å². The quantitative estimate of drug-likeness (QED) is 0.584. The van der Waals surface area contributed by atoms with Gasteiger partial charge in [0.1, 0.15) is 5.75 Å². The lowest BCUT2D eigenvalue weighted by atomic mass is 10.1. The van der Waals surface area contributed by atoms with Crippen LogP contribution in [0.3, 0.4) is 0 Å². The van der Waals surface area contributed by atoms with Gasteiger partial charge in [-0.25, -0.2) is 0 Å². The normalized spacial score (nSPS) is 10.6. The molecule has 2 aromatic rings. The standard InChI is InChI=1S/C21H25F2NO4/c1-15-6-3-4-7-17(15)27-13-5-8-20(25)24-12-11-16-9-10-18(26-2)19(14-16)28-21(22)23/h3-4,6-7,9-10,14,21H,5,8,11-13H2,1-2H3,(H,24,25). The van der Waals surface area contributed by atoms with Crippen LogP contribution in [0.4, 0.5) is 8.78 Å². The third-order valence-electron chi connectivity index (χ3n) is 4.08. The molecule has 1 N–H and O–H groups in total. The molecule has 0 fully saturated rings. The van der Waals surface area contributed by atoms with Gasteiger partial charge in [-0.15, -0.1) is 0 Å². The predicted molar refractivity (Wildman–Crippen MR) is 102 cm³/mol. The summed E-state index contributed by atoms with van der Waals surface area (Å²) in [5.74, 6) is 0.964. The number of carbonyl (C=O) groups is 1. The summed E-state index contributed by atoms with van der Waals surface area (Å²) in [6, 6.07) is 12.5. The van der Waals surface area contributed by atoms with Crippen LogP contribution < -0.4 is 19.5 Å². The molecule has 5 nitrogen and oxygen atoms in total. The molecule has 0 spiro atoms. The summed E-state index contributed by atoms with van der Waals surface area (Å²) in [5.41, 5.74) is 1.82. The Balaban J connectivity index is 1.69. The lowest BCUT2D eigenvalue weighted by molar-refractivity contribution is -0.121. The number of carbonyl (C=O) groups excluding carboxylic acids is 1.